The van der Waals surface area contributed by atoms with Crippen molar-refractivity contribution >= 4 is 0 Å². The highest BCUT2D eigenvalue weighted by Gasteiger charge is 2.13. The summed E-state index contributed by atoms with van der Waals surface area (Å²) in [6, 6.07) is 12.1. The largest absolute Gasteiger partial charge is 0.508 e. The first-order valence-electron chi connectivity index (χ1n) is 6.89. The molecule has 0 radical (unpaired) electrons. The van der Waals surface area contributed by atoms with Gasteiger partial charge in [0.05, 0.1) is 7.11 Å². The number of hydrogen-bond donors (Lipinski definition) is 2. The minimum absolute atomic E-state index is 0.0252. The average molecular weight is 289 g/mol. The van der Waals surface area contributed by atoms with Gasteiger partial charge in [-0.15, -0.1) is 0 Å². The third-order valence-corrected chi connectivity index (χ3v) is 3.55. The van der Waals surface area contributed by atoms with Crippen LogP contribution in [0.5, 0.6) is 11.5 Å². The van der Waals surface area contributed by atoms with Gasteiger partial charge in [0.15, 0.2) is 11.6 Å². The molecule has 0 saturated carbocycles. The Kier molecular flexibility index (Phi) is 4.81. The van der Waals surface area contributed by atoms with Crippen LogP contribution in [-0.2, 0) is 0 Å². The van der Waals surface area contributed by atoms with E-state index in [2.05, 4.69) is 5.32 Å². The second kappa shape index (κ2) is 6.59. The molecule has 21 heavy (non-hydrogen) atoms. The van der Waals surface area contributed by atoms with Gasteiger partial charge in [0.25, 0.3) is 0 Å². The molecule has 0 saturated heterocycles. The van der Waals surface area contributed by atoms with Crippen LogP contribution in [0.3, 0.4) is 0 Å². The maximum Gasteiger partial charge on any atom is 0.165 e. The van der Waals surface area contributed by atoms with Gasteiger partial charge in [-0.2, -0.15) is 0 Å². The molecule has 0 bridgehead atoms. The molecular formula is C17H20FNO2. The van der Waals surface area contributed by atoms with E-state index >= 15 is 0 Å². The van der Waals surface area contributed by atoms with Crippen LogP contribution in [0.2, 0.25) is 0 Å². The number of nitrogens with one attached hydrogen (secondary N) is 1. The van der Waals surface area contributed by atoms with Crippen molar-refractivity contribution in [3.05, 3.63) is 59.4 Å². The van der Waals surface area contributed by atoms with Crippen molar-refractivity contribution in [1.82, 2.24) is 5.32 Å². The van der Waals surface area contributed by atoms with Gasteiger partial charge in [-0.05, 0) is 49.2 Å². The topological polar surface area (TPSA) is 41.5 Å². The molecule has 4 heteroatoms. The molecule has 0 aliphatic heterocycles. The molecule has 0 spiro atoms. The minimum Gasteiger partial charge on any atom is -0.508 e. The van der Waals surface area contributed by atoms with Gasteiger partial charge in [-0.3, -0.25) is 0 Å². The normalized spacial score (nSPS) is 13.7. The lowest BCUT2D eigenvalue weighted by atomic mass is 10.0. The van der Waals surface area contributed by atoms with Crippen LogP contribution < -0.4 is 10.1 Å². The molecule has 0 heterocycles. The predicted octanol–water partition coefficient (Wildman–Crippen LogP) is 3.95. The molecule has 2 unspecified atom stereocenters. The number of phenols is 1. The van der Waals surface area contributed by atoms with Crippen LogP contribution >= 0.6 is 0 Å². The predicted molar refractivity (Wildman–Crippen MR) is 81.0 cm³/mol. The Morgan fingerprint density at radius 3 is 2.29 bits per heavy atom. The summed E-state index contributed by atoms with van der Waals surface area (Å²) in [6.45, 7) is 3.98. The van der Waals surface area contributed by atoms with Gasteiger partial charge in [0, 0.05) is 12.1 Å². The first-order chi connectivity index (χ1) is 10.0. The van der Waals surface area contributed by atoms with E-state index < -0.39 is 0 Å². The Labute approximate surface area is 124 Å². The summed E-state index contributed by atoms with van der Waals surface area (Å²) in [5.74, 6) is 0.116. The zero-order valence-corrected chi connectivity index (χ0v) is 12.4. The first-order valence-corrected chi connectivity index (χ1v) is 6.89. The monoisotopic (exact) mass is 289 g/mol. The van der Waals surface area contributed by atoms with Crippen LogP contribution in [0.4, 0.5) is 4.39 Å². The Balaban J connectivity index is 2.10. The maximum absolute atomic E-state index is 13.7. The Morgan fingerprint density at radius 1 is 1.05 bits per heavy atom. The van der Waals surface area contributed by atoms with E-state index in [9.17, 15) is 9.50 Å². The summed E-state index contributed by atoms with van der Waals surface area (Å²) in [7, 11) is 1.45. The molecule has 0 fully saturated rings. The van der Waals surface area contributed by atoms with Gasteiger partial charge in [0.2, 0.25) is 0 Å². The number of rotatable bonds is 5. The molecule has 0 aliphatic carbocycles. The van der Waals surface area contributed by atoms with Crippen molar-refractivity contribution in [2.45, 2.75) is 25.9 Å². The van der Waals surface area contributed by atoms with Gasteiger partial charge in [0.1, 0.15) is 5.75 Å². The smallest absolute Gasteiger partial charge is 0.165 e. The summed E-state index contributed by atoms with van der Waals surface area (Å²) < 4.78 is 18.7. The number of halogens is 1. The molecule has 2 aromatic carbocycles. The van der Waals surface area contributed by atoms with Crippen LogP contribution in [0, 0.1) is 5.82 Å². The highest BCUT2D eigenvalue weighted by atomic mass is 19.1. The summed E-state index contributed by atoms with van der Waals surface area (Å²) in [5, 5.41) is 12.9. The number of phenolic OH excluding ortho intramolecular Hbond substituents is 1. The molecular weight excluding hydrogens is 269 g/mol. The lowest BCUT2D eigenvalue weighted by Gasteiger charge is -2.21. The first kappa shape index (κ1) is 15.3. The lowest BCUT2D eigenvalue weighted by molar-refractivity contribution is 0.385. The fraction of sp³-hybridized carbons (Fsp3) is 0.294. The van der Waals surface area contributed by atoms with Crippen molar-refractivity contribution in [2.75, 3.05) is 7.11 Å². The molecule has 0 amide bonds. The maximum atomic E-state index is 13.7. The molecule has 0 aliphatic rings. The van der Waals surface area contributed by atoms with Crippen LogP contribution in [0.1, 0.15) is 37.1 Å². The van der Waals surface area contributed by atoms with Gasteiger partial charge >= 0.3 is 0 Å². The number of ether oxygens (including phenoxy) is 1. The molecule has 2 atom stereocenters. The molecule has 3 nitrogen and oxygen atoms in total. The van der Waals surface area contributed by atoms with Crippen molar-refractivity contribution in [2.24, 2.45) is 0 Å². The Hall–Kier alpha value is -2.07. The molecule has 2 rings (SSSR count). The third kappa shape index (κ3) is 3.73. The van der Waals surface area contributed by atoms with Gasteiger partial charge in [-0.1, -0.05) is 18.2 Å². The highest BCUT2D eigenvalue weighted by molar-refractivity contribution is 5.32. The summed E-state index contributed by atoms with van der Waals surface area (Å²) in [5.41, 5.74) is 1.83. The quantitative estimate of drug-likeness (QED) is 0.875. The van der Waals surface area contributed by atoms with E-state index in [1.807, 2.05) is 26.0 Å². The Bertz CT molecular complexity index is 615. The number of methoxy groups -OCH3 is 1. The van der Waals surface area contributed by atoms with Crippen LogP contribution in [0.15, 0.2) is 42.5 Å². The van der Waals surface area contributed by atoms with Crippen molar-refractivity contribution in [3.63, 3.8) is 0 Å². The number of hydrogen-bond acceptors (Lipinski definition) is 3. The number of aromatic hydroxyl groups is 1. The second-order valence-corrected chi connectivity index (χ2v) is 5.10. The van der Waals surface area contributed by atoms with Gasteiger partial charge in [-0.25, -0.2) is 4.39 Å². The van der Waals surface area contributed by atoms with E-state index in [1.165, 1.54) is 13.2 Å². The third-order valence-electron chi connectivity index (χ3n) is 3.55. The SMILES string of the molecule is COc1ccc(C(C)NC(C)c2cccc(O)c2)cc1F. The summed E-state index contributed by atoms with van der Waals surface area (Å²) in [6.07, 6.45) is 0. The summed E-state index contributed by atoms with van der Waals surface area (Å²) in [4.78, 5) is 0. The zero-order valence-electron chi connectivity index (χ0n) is 12.4. The molecule has 0 aromatic heterocycles. The van der Waals surface area contributed by atoms with E-state index in [4.69, 9.17) is 4.74 Å². The van der Waals surface area contributed by atoms with E-state index in [0.717, 1.165) is 11.1 Å². The highest BCUT2D eigenvalue weighted by Crippen LogP contribution is 2.25. The lowest BCUT2D eigenvalue weighted by Crippen LogP contribution is -2.22. The second-order valence-electron chi connectivity index (χ2n) is 5.10. The molecule has 2 N–H and O–H groups in total. The van der Waals surface area contributed by atoms with E-state index in [0.29, 0.717) is 0 Å². The van der Waals surface area contributed by atoms with Crippen LogP contribution in [-0.4, -0.2) is 12.2 Å². The summed E-state index contributed by atoms with van der Waals surface area (Å²) >= 11 is 0. The minimum atomic E-state index is -0.367. The van der Waals surface area contributed by atoms with E-state index in [-0.39, 0.29) is 29.4 Å². The Morgan fingerprint density at radius 2 is 1.71 bits per heavy atom. The standard InChI is InChI=1S/C17H20FNO2/c1-11(13-5-4-6-15(20)9-13)19-12(2)14-7-8-17(21-3)16(18)10-14/h4-12,19-20H,1-3H3. The van der Waals surface area contributed by atoms with Crippen molar-refractivity contribution in [1.29, 1.82) is 0 Å². The average Bonchev–Trinajstić information content (AvgIpc) is 2.47. The van der Waals surface area contributed by atoms with E-state index in [1.54, 1.807) is 24.3 Å². The molecule has 2 aromatic rings. The fourth-order valence-corrected chi connectivity index (χ4v) is 2.31. The number of benzene rings is 2. The fourth-order valence-electron chi connectivity index (χ4n) is 2.31. The molecule has 112 valence electrons. The van der Waals surface area contributed by atoms with Gasteiger partial charge < -0.3 is 15.2 Å². The zero-order chi connectivity index (χ0) is 15.4. The van der Waals surface area contributed by atoms with Crippen molar-refractivity contribution in [3.8, 4) is 11.5 Å². The van der Waals surface area contributed by atoms with Crippen LogP contribution in [0.25, 0.3) is 0 Å². The van der Waals surface area contributed by atoms with Crippen molar-refractivity contribution < 1.29 is 14.2 Å².